The number of carboxylic acid groups (broad SMARTS) is 1. The third-order valence-electron chi connectivity index (χ3n) is 10.9. The summed E-state index contributed by atoms with van der Waals surface area (Å²) in [6.07, 6.45) is 9.94. The molecule has 4 aliphatic rings. The zero-order valence-electron chi connectivity index (χ0n) is 23.0. The number of rotatable bonds is 8. The second-order valence-electron chi connectivity index (χ2n) is 12.5. The highest BCUT2D eigenvalue weighted by Gasteiger charge is 2.65. The summed E-state index contributed by atoms with van der Waals surface area (Å²) < 4.78 is 0. The van der Waals surface area contributed by atoms with Gasteiger partial charge in [-0.3, -0.25) is 9.59 Å². The normalized spacial score (nSPS) is 39.5. The van der Waals surface area contributed by atoms with E-state index in [1.807, 2.05) is 6.92 Å². The number of hydrogen-bond acceptors (Lipinski definition) is 6. The summed E-state index contributed by atoms with van der Waals surface area (Å²) in [7, 11) is 0. The van der Waals surface area contributed by atoms with Crippen molar-refractivity contribution in [2.45, 2.75) is 104 Å². The van der Waals surface area contributed by atoms with E-state index >= 15 is 0 Å². The van der Waals surface area contributed by atoms with E-state index in [-0.39, 0.29) is 29.1 Å². The van der Waals surface area contributed by atoms with Crippen LogP contribution >= 0.6 is 0 Å². The van der Waals surface area contributed by atoms with Gasteiger partial charge < -0.3 is 20.4 Å². The monoisotopic (exact) mass is 516 g/mol. The standard InChI is InChI=1S/C29H44N2O6/c1-6-17(2)25(26(34)35)30-24(33)16-37-31-20-9-12-27(4)19(15-20)7-8-21-22(27)10-13-28(5)23(21)11-14-29(28,36)18(3)32/h15,17,21-23,25,36H,6-14,16H2,1-5H3,(H,30,33)(H,34,35)/b31-20-/t17-,21-,22+,23+,25+,27+,28+,29+/m1/s1. The number of fused-ring (bicyclic) bond motifs is 5. The van der Waals surface area contributed by atoms with Crippen molar-refractivity contribution >= 4 is 23.4 Å². The van der Waals surface area contributed by atoms with Crippen molar-refractivity contribution in [3.8, 4) is 0 Å². The summed E-state index contributed by atoms with van der Waals surface area (Å²) in [5.41, 5.74) is 0.764. The van der Waals surface area contributed by atoms with Gasteiger partial charge in [0.2, 0.25) is 0 Å². The Labute approximate surface area is 220 Å². The van der Waals surface area contributed by atoms with E-state index in [0.717, 1.165) is 50.7 Å². The molecule has 8 heteroatoms. The lowest BCUT2D eigenvalue weighted by Gasteiger charge is -2.59. The lowest BCUT2D eigenvalue weighted by molar-refractivity contribution is -0.159. The van der Waals surface area contributed by atoms with Crippen LogP contribution in [0.4, 0.5) is 0 Å². The van der Waals surface area contributed by atoms with Gasteiger partial charge >= 0.3 is 5.97 Å². The predicted octanol–water partition coefficient (Wildman–Crippen LogP) is 4.26. The summed E-state index contributed by atoms with van der Waals surface area (Å²) in [5.74, 6) is -0.376. The summed E-state index contributed by atoms with van der Waals surface area (Å²) in [4.78, 5) is 41.5. The molecule has 0 bridgehead atoms. The van der Waals surface area contributed by atoms with E-state index in [4.69, 9.17) is 4.84 Å². The van der Waals surface area contributed by atoms with E-state index in [2.05, 4.69) is 30.4 Å². The van der Waals surface area contributed by atoms with E-state index < -0.39 is 23.5 Å². The third kappa shape index (κ3) is 4.64. The second-order valence-corrected chi connectivity index (χ2v) is 12.5. The number of oxime groups is 1. The van der Waals surface area contributed by atoms with Crippen LogP contribution in [0.25, 0.3) is 0 Å². The molecule has 0 aromatic rings. The maximum absolute atomic E-state index is 12.4. The molecule has 0 unspecified atom stereocenters. The van der Waals surface area contributed by atoms with Crippen LogP contribution in [0, 0.1) is 34.5 Å². The highest BCUT2D eigenvalue weighted by atomic mass is 16.6. The number of amides is 1. The van der Waals surface area contributed by atoms with Crippen LogP contribution in [0.2, 0.25) is 0 Å². The van der Waals surface area contributed by atoms with Crippen LogP contribution in [0.1, 0.15) is 92.4 Å². The minimum atomic E-state index is -1.19. The van der Waals surface area contributed by atoms with Crippen LogP contribution in [0.15, 0.2) is 16.8 Å². The molecular formula is C29H44N2O6. The molecule has 37 heavy (non-hydrogen) atoms. The van der Waals surface area contributed by atoms with Gasteiger partial charge in [-0.25, -0.2) is 4.79 Å². The molecule has 3 saturated carbocycles. The highest BCUT2D eigenvalue weighted by molar-refractivity contribution is 5.96. The fourth-order valence-electron chi connectivity index (χ4n) is 8.31. The first-order valence-corrected chi connectivity index (χ1v) is 14.0. The van der Waals surface area contributed by atoms with Gasteiger partial charge in [-0.05, 0) is 93.5 Å². The first-order valence-electron chi connectivity index (χ1n) is 14.0. The molecule has 3 fully saturated rings. The highest BCUT2D eigenvalue weighted by Crippen LogP contribution is 2.67. The molecule has 8 atom stereocenters. The van der Waals surface area contributed by atoms with Crippen LogP contribution in [0.3, 0.4) is 0 Å². The smallest absolute Gasteiger partial charge is 0.326 e. The molecule has 0 aliphatic heterocycles. The summed E-state index contributed by atoms with van der Waals surface area (Å²) in [5, 5.41) is 27.5. The number of carbonyl (C=O) groups is 3. The lowest BCUT2D eigenvalue weighted by Crippen LogP contribution is -2.57. The van der Waals surface area contributed by atoms with Crippen molar-refractivity contribution in [2.24, 2.45) is 39.7 Å². The Morgan fingerprint density at radius 2 is 1.84 bits per heavy atom. The van der Waals surface area contributed by atoms with E-state index in [1.54, 1.807) is 13.8 Å². The number of Topliss-reactive ketones (excluding diaryl/α,β-unsaturated/α-hetero) is 1. The molecule has 1 amide bonds. The average molecular weight is 517 g/mol. The summed E-state index contributed by atoms with van der Waals surface area (Å²) >= 11 is 0. The Bertz CT molecular complexity index is 1010. The van der Waals surface area contributed by atoms with Gasteiger partial charge in [0.05, 0.1) is 5.71 Å². The predicted molar refractivity (Wildman–Crippen MR) is 140 cm³/mol. The average Bonchev–Trinajstić information content (AvgIpc) is 3.14. The molecule has 0 saturated heterocycles. The fraction of sp³-hybridized carbons (Fsp3) is 0.793. The van der Waals surface area contributed by atoms with Crippen molar-refractivity contribution in [3.63, 3.8) is 0 Å². The van der Waals surface area contributed by atoms with Crippen molar-refractivity contribution in [2.75, 3.05) is 6.61 Å². The summed E-state index contributed by atoms with van der Waals surface area (Å²) in [6, 6.07) is -0.940. The Hall–Kier alpha value is -2.22. The molecule has 0 spiro atoms. The molecule has 8 nitrogen and oxygen atoms in total. The van der Waals surface area contributed by atoms with Crippen molar-refractivity contribution in [3.05, 3.63) is 11.6 Å². The molecule has 0 radical (unpaired) electrons. The quantitative estimate of drug-likeness (QED) is 0.414. The number of nitrogens with one attached hydrogen (secondary N) is 1. The van der Waals surface area contributed by atoms with E-state index in [9.17, 15) is 24.6 Å². The van der Waals surface area contributed by atoms with Crippen molar-refractivity contribution < 1.29 is 29.4 Å². The van der Waals surface area contributed by atoms with Crippen molar-refractivity contribution in [1.82, 2.24) is 5.32 Å². The first-order chi connectivity index (χ1) is 17.4. The zero-order chi connectivity index (χ0) is 27.2. The Morgan fingerprint density at radius 3 is 2.49 bits per heavy atom. The number of carbonyl (C=O) groups excluding carboxylic acids is 2. The maximum atomic E-state index is 12.4. The SMILES string of the molecule is CC[C@@H](C)[C@H](NC(=O)CO/N=C1\C=C2CC[C@@H]3[C@H](CC[C@@]4(C)[C@H]3CC[C@]4(O)C(C)=O)[C@@]2(C)CC1)C(=O)O. The number of aliphatic carboxylic acids is 1. The molecule has 4 aliphatic carbocycles. The first kappa shape index (κ1) is 27.8. The van der Waals surface area contributed by atoms with Gasteiger partial charge in [0, 0.05) is 5.41 Å². The minimum absolute atomic E-state index is 0.0720. The molecular weight excluding hydrogens is 472 g/mol. The Morgan fingerprint density at radius 1 is 1.14 bits per heavy atom. The van der Waals surface area contributed by atoms with E-state index in [0.29, 0.717) is 30.6 Å². The lowest BCUT2D eigenvalue weighted by atomic mass is 9.46. The van der Waals surface area contributed by atoms with Crippen LogP contribution in [-0.2, 0) is 19.2 Å². The van der Waals surface area contributed by atoms with Gasteiger partial charge in [0.1, 0.15) is 11.6 Å². The fourth-order valence-corrected chi connectivity index (χ4v) is 8.31. The van der Waals surface area contributed by atoms with Gasteiger partial charge in [0.25, 0.3) is 5.91 Å². The molecule has 3 N–H and O–H groups in total. The third-order valence-corrected chi connectivity index (χ3v) is 10.9. The maximum Gasteiger partial charge on any atom is 0.326 e. The van der Waals surface area contributed by atoms with Crippen LogP contribution < -0.4 is 5.32 Å². The molecule has 206 valence electrons. The molecule has 0 aromatic carbocycles. The topological polar surface area (TPSA) is 125 Å². The second kappa shape index (κ2) is 10.2. The number of ketones is 1. The molecule has 0 heterocycles. The van der Waals surface area contributed by atoms with Gasteiger partial charge in [0.15, 0.2) is 12.4 Å². The Balaban J connectivity index is 1.41. The zero-order valence-corrected chi connectivity index (χ0v) is 23.0. The van der Waals surface area contributed by atoms with Gasteiger partial charge in [-0.15, -0.1) is 0 Å². The number of aliphatic hydroxyl groups is 1. The van der Waals surface area contributed by atoms with Crippen molar-refractivity contribution in [1.29, 1.82) is 0 Å². The number of hydrogen-bond donors (Lipinski definition) is 3. The van der Waals surface area contributed by atoms with Crippen LogP contribution in [-0.4, -0.2) is 51.8 Å². The van der Waals surface area contributed by atoms with Crippen LogP contribution in [0.5, 0.6) is 0 Å². The van der Waals surface area contributed by atoms with Gasteiger partial charge in [-0.2, -0.15) is 0 Å². The molecule has 0 aromatic heterocycles. The van der Waals surface area contributed by atoms with E-state index in [1.165, 1.54) is 5.57 Å². The van der Waals surface area contributed by atoms with Gasteiger partial charge in [-0.1, -0.05) is 44.8 Å². The Kier molecular flexibility index (Phi) is 7.63. The largest absolute Gasteiger partial charge is 0.480 e. The minimum Gasteiger partial charge on any atom is -0.480 e. The summed E-state index contributed by atoms with van der Waals surface area (Å²) in [6.45, 7) is 9.44. The molecule has 4 rings (SSSR count). The number of carboxylic acids is 1. The number of allylic oxidation sites excluding steroid dienone is 2. The number of nitrogens with zero attached hydrogens (tertiary/aromatic N) is 1.